The lowest BCUT2D eigenvalue weighted by Gasteiger charge is -2.03. The van der Waals surface area contributed by atoms with E-state index in [9.17, 15) is 19.2 Å². The fourth-order valence-corrected chi connectivity index (χ4v) is 2.41. The Kier molecular flexibility index (Phi) is 11.3. The van der Waals surface area contributed by atoms with Crippen molar-refractivity contribution in [3.63, 3.8) is 0 Å². The number of halogens is 4. The molecule has 0 aliphatic rings. The molecule has 12 heteroatoms. The number of benzene rings is 2. The molecule has 2 aromatic carbocycles. The van der Waals surface area contributed by atoms with Gasteiger partial charge in [-0.25, -0.2) is 9.59 Å². The van der Waals surface area contributed by atoms with Crippen molar-refractivity contribution in [3.8, 4) is 0 Å². The van der Waals surface area contributed by atoms with Gasteiger partial charge in [0.15, 0.2) is 0 Å². The first-order valence-corrected chi connectivity index (χ1v) is 9.83. The summed E-state index contributed by atoms with van der Waals surface area (Å²) in [5.74, 6) is -3.49. The van der Waals surface area contributed by atoms with Crippen molar-refractivity contribution >= 4 is 81.5 Å². The van der Waals surface area contributed by atoms with Crippen LogP contribution < -0.4 is 10.6 Å². The van der Waals surface area contributed by atoms with Crippen molar-refractivity contribution in [3.05, 3.63) is 80.8 Å². The molecule has 0 bridgehead atoms. The number of hydrogen-bond acceptors (Lipinski definition) is 4. The van der Waals surface area contributed by atoms with E-state index in [0.29, 0.717) is 31.5 Å². The molecule has 0 radical (unpaired) electrons. The van der Waals surface area contributed by atoms with E-state index in [0.717, 1.165) is 24.3 Å². The second-order valence-electron chi connectivity index (χ2n) is 5.58. The zero-order chi connectivity index (χ0) is 24.3. The fourth-order valence-electron chi connectivity index (χ4n) is 1.81. The minimum absolute atomic E-state index is 0.307. The number of amides is 2. The van der Waals surface area contributed by atoms with Crippen LogP contribution in [0, 0.1) is 0 Å². The molecular weight excluding hydrogens is 506 g/mol. The molecular formula is C20H14Cl4N2O6. The molecule has 32 heavy (non-hydrogen) atoms. The molecule has 168 valence electrons. The van der Waals surface area contributed by atoms with Crippen LogP contribution in [0.5, 0.6) is 0 Å². The van der Waals surface area contributed by atoms with E-state index in [4.69, 9.17) is 56.6 Å². The maximum atomic E-state index is 11.2. The SMILES string of the molecule is O=C(O)/C=C\C(=O)Nc1ccc(Cl)c(Cl)c1.O=C(O)/C=C\C(=O)Nc1ccc(Cl)c(Cl)c1. The summed E-state index contributed by atoms with van der Waals surface area (Å²) in [6.45, 7) is 0. The Labute approximate surface area is 202 Å². The number of carboxylic acid groups (broad SMARTS) is 2. The second kappa shape index (κ2) is 13.4. The number of nitrogens with one attached hydrogen (secondary N) is 2. The summed E-state index contributed by atoms with van der Waals surface area (Å²) in [5, 5.41) is 22.8. The van der Waals surface area contributed by atoms with E-state index in [-0.39, 0.29) is 0 Å². The normalized spacial score (nSPS) is 10.4. The van der Waals surface area contributed by atoms with Crippen molar-refractivity contribution in [1.29, 1.82) is 0 Å². The maximum absolute atomic E-state index is 11.2. The number of rotatable bonds is 6. The van der Waals surface area contributed by atoms with Gasteiger partial charge in [-0.15, -0.1) is 0 Å². The predicted octanol–water partition coefficient (Wildman–Crippen LogP) is 5.15. The molecule has 2 aromatic rings. The molecule has 0 saturated heterocycles. The van der Waals surface area contributed by atoms with Crippen LogP contribution in [0.25, 0.3) is 0 Å². The Balaban J connectivity index is 0.000000320. The van der Waals surface area contributed by atoms with Gasteiger partial charge in [0.25, 0.3) is 0 Å². The van der Waals surface area contributed by atoms with Crippen LogP contribution in [-0.4, -0.2) is 34.0 Å². The van der Waals surface area contributed by atoms with E-state index >= 15 is 0 Å². The lowest BCUT2D eigenvalue weighted by Crippen LogP contribution is -2.08. The van der Waals surface area contributed by atoms with Crippen LogP contribution in [-0.2, 0) is 19.2 Å². The highest BCUT2D eigenvalue weighted by Gasteiger charge is 2.03. The molecule has 8 nitrogen and oxygen atoms in total. The van der Waals surface area contributed by atoms with E-state index in [2.05, 4.69) is 10.6 Å². The summed E-state index contributed by atoms with van der Waals surface area (Å²) in [7, 11) is 0. The van der Waals surface area contributed by atoms with E-state index in [1.54, 1.807) is 12.1 Å². The molecule has 0 aliphatic carbocycles. The lowest BCUT2D eigenvalue weighted by molar-refractivity contribution is -0.132. The molecule has 0 atom stereocenters. The number of carbonyl (C=O) groups excluding carboxylic acids is 2. The summed E-state index contributed by atoms with van der Waals surface area (Å²) in [6, 6.07) is 9.11. The molecule has 0 aliphatic heterocycles. The van der Waals surface area contributed by atoms with Crippen LogP contribution in [0.1, 0.15) is 0 Å². The molecule has 2 rings (SSSR count). The first kappa shape index (κ1) is 27.0. The molecule has 0 fully saturated rings. The largest absolute Gasteiger partial charge is 0.478 e. The van der Waals surface area contributed by atoms with Gasteiger partial charge in [-0.3, -0.25) is 9.59 Å². The van der Waals surface area contributed by atoms with Gasteiger partial charge in [-0.1, -0.05) is 46.4 Å². The lowest BCUT2D eigenvalue weighted by atomic mass is 10.3. The van der Waals surface area contributed by atoms with Crippen LogP contribution in [0.15, 0.2) is 60.7 Å². The molecule has 2 amide bonds. The van der Waals surface area contributed by atoms with Gasteiger partial charge in [0.1, 0.15) is 0 Å². The smallest absolute Gasteiger partial charge is 0.328 e. The summed E-state index contributed by atoms with van der Waals surface area (Å²) >= 11 is 22.8. The highest BCUT2D eigenvalue weighted by atomic mass is 35.5. The number of hydrogen-bond donors (Lipinski definition) is 4. The van der Waals surface area contributed by atoms with Crippen molar-refractivity contribution in [2.24, 2.45) is 0 Å². The fraction of sp³-hybridized carbons (Fsp3) is 0. The van der Waals surface area contributed by atoms with E-state index in [1.807, 2.05) is 0 Å². The average molecular weight is 520 g/mol. The Morgan fingerprint density at radius 3 is 1.22 bits per heavy atom. The molecule has 0 unspecified atom stereocenters. The Morgan fingerprint density at radius 2 is 0.938 bits per heavy atom. The average Bonchev–Trinajstić information content (AvgIpc) is 2.71. The third-order valence-electron chi connectivity index (χ3n) is 3.13. The molecule has 0 saturated carbocycles. The molecule has 4 N–H and O–H groups in total. The molecule has 0 heterocycles. The van der Waals surface area contributed by atoms with Crippen LogP contribution in [0.3, 0.4) is 0 Å². The van der Waals surface area contributed by atoms with Crippen molar-refractivity contribution in [2.75, 3.05) is 10.6 Å². The van der Waals surface area contributed by atoms with Gasteiger partial charge in [0.05, 0.1) is 20.1 Å². The minimum atomic E-state index is -1.19. The zero-order valence-electron chi connectivity index (χ0n) is 15.8. The summed E-state index contributed by atoms with van der Waals surface area (Å²) in [4.78, 5) is 42.7. The summed E-state index contributed by atoms with van der Waals surface area (Å²) in [6.07, 6.45) is 3.30. The minimum Gasteiger partial charge on any atom is -0.478 e. The van der Waals surface area contributed by atoms with Crippen LogP contribution in [0.4, 0.5) is 11.4 Å². The Hall–Kier alpha value is -3.04. The van der Waals surface area contributed by atoms with Gasteiger partial charge >= 0.3 is 11.9 Å². The van der Waals surface area contributed by atoms with Crippen molar-refractivity contribution in [1.82, 2.24) is 0 Å². The van der Waals surface area contributed by atoms with Gasteiger partial charge in [-0.2, -0.15) is 0 Å². The number of aliphatic carboxylic acids is 2. The predicted molar refractivity (Wildman–Crippen MR) is 124 cm³/mol. The first-order chi connectivity index (χ1) is 15.0. The highest BCUT2D eigenvalue weighted by molar-refractivity contribution is 6.42. The monoisotopic (exact) mass is 518 g/mol. The van der Waals surface area contributed by atoms with Crippen molar-refractivity contribution < 1.29 is 29.4 Å². The Bertz CT molecular complexity index is 1000. The molecule has 0 spiro atoms. The number of anilines is 2. The first-order valence-electron chi connectivity index (χ1n) is 8.32. The third-order valence-corrected chi connectivity index (χ3v) is 4.61. The van der Waals surface area contributed by atoms with Gasteiger partial charge in [0, 0.05) is 35.7 Å². The van der Waals surface area contributed by atoms with Gasteiger partial charge in [0.2, 0.25) is 11.8 Å². The van der Waals surface area contributed by atoms with Crippen LogP contribution >= 0.6 is 46.4 Å². The van der Waals surface area contributed by atoms with E-state index in [1.165, 1.54) is 24.3 Å². The number of carbonyl (C=O) groups is 4. The summed E-state index contributed by atoms with van der Waals surface area (Å²) in [5.41, 5.74) is 0.879. The van der Waals surface area contributed by atoms with Gasteiger partial charge in [-0.05, 0) is 36.4 Å². The zero-order valence-corrected chi connectivity index (χ0v) is 18.8. The maximum Gasteiger partial charge on any atom is 0.328 e. The topological polar surface area (TPSA) is 133 Å². The molecule has 0 aromatic heterocycles. The van der Waals surface area contributed by atoms with Crippen molar-refractivity contribution in [2.45, 2.75) is 0 Å². The third kappa shape index (κ3) is 10.8. The number of carboxylic acids is 2. The Morgan fingerprint density at radius 1 is 0.594 bits per heavy atom. The standard InChI is InChI=1S/2C10H7Cl2NO3/c2*11-7-2-1-6(5-8(7)12)13-9(14)3-4-10(15)16/h2*1-5H,(H,13,14)(H,15,16)/b2*4-3-. The van der Waals surface area contributed by atoms with Crippen LogP contribution in [0.2, 0.25) is 20.1 Å². The summed E-state index contributed by atoms with van der Waals surface area (Å²) < 4.78 is 0. The van der Waals surface area contributed by atoms with E-state index < -0.39 is 23.8 Å². The second-order valence-corrected chi connectivity index (χ2v) is 7.21. The quantitative estimate of drug-likeness (QED) is 0.390. The van der Waals surface area contributed by atoms with Gasteiger partial charge < -0.3 is 20.8 Å². The highest BCUT2D eigenvalue weighted by Crippen LogP contribution is 2.25.